The van der Waals surface area contributed by atoms with Crippen molar-refractivity contribution >= 4 is 23.2 Å². The minimum atomic E-state index is -0.155. The molecule has 2 N–H and O–H groups in total. The Morgan fingerprint density at radius 3 is 2.50 bits per heavy atom. The zero-order valence-electron chi connectivity index (χ0n) is 13.3. The predicted octanol–water partition coefficient (Wildman–Crippen LogP) is 3.37. The molecule has 0 saturated heterocycles. The fourth-order valence-electron chi connectivity index (χ4n) is 3.00. The van der Waals surface area contributed by atoms with E-state index in [-0.39, 0.29) is 23.9 Å². The lowest BCUT2D eigenvalue weighted by atomic mass is 10.1. The first-order valence-electron chi connectivity index (χ1n) is 8.03. The molecule has 1 aromatic heterocycles. The average molecular weight is 340 g/mol. The quantitative estimate of drug-likeness (QED) is 0.820. The van der Waals surface area contributed by atoms with Crippen LogP contribution >= 0.6 is 11.3 Å². The molecule has 1 aliphatic rings. The number of hydrogen-bond donors (Lipinski definition) is 2. The van der Waals surface area contributed by atoms with Crippen LogP contribution in [0.3, 0.4) is 0 Å². The molecule has 24 heavy (non-hydrogen) atoms. The molecule has 5 heteroatoms. The van der Waals surface area contributed by atoms with Gasteiger partial charge in [-0.3, -0.25) is 9.59 Å². The average Bonchev–Trinajstić information content (AvgIpc) is 3.25. The SMILES string of the molecule is C=CC(=O)N[C@@H]1CC[C@@H](NC(=O)c2cc(-c3ccccc3)cs2)C1. The zero-order chi connectivity index (χ0) is 16.9. The van der Waals surface area contributed by atoms with Crippen LogP contribution in [0.15, 0.2) is 54.4 Å². The summed E-state index contributed by atoms with van der Waals surface area (Å²) < 4.78 is 0. The molecule has 4 nitrogen and oxygen atoms in total. The van der Waals surface area contributed by atoms with E-state index in [0.29, 0.717) is 4.88 Å². The lowest BCUT2D eigenvalue weighted by Gasteiger charge is -2.13. The maximum atomic E-state index is 12.4. The molecule has 0 bridgehead atoms. The monoisotopic (exact) mass is 340 g/mol. The molecule has 2 aromatic rings. The van der Waals surface area contributed by atoms with E-state index >= 15 is 0 Å². The minimum absolute atomic E-state index is 0.0390. The molecule has 1 heterocycles. The Kier molecular flexibility index (Phi) is 5.11. The standard InChI is InChI=1S/C19H20N2O2S/c1-2-18(22)20-15-8-9-16(11-15)21-19(23)17-10-14(12-24-17)13-6-4-3-5-7-13/h2-7,10,12,15-16H,1,8-9,11H2,(H,20,22)(H,21,23)/t15-,16-/m1/s1. The van der Waals surface area contributed by atoms with Gasteiger partial charge in [-0.15, -0.1) is 11.3 Å². The summed E-state index contributed by atoms with van der Waals surface area (Å²) in [6.45, 7) is 3.46. The Morgan fingerprint density at radius 1 is 1.08 bits per heavy atom. The third kappa shape index (κ3) is 3.92. The van der Waals surface area contributed by atoms with Crippen molar-refractivity contribution in [2.45, 2.75) is 31.3 Å². The first kappa shape index (κ1) is 16.5. The molecule has 0 radical (unpaired) electrons. The van der Waals surface area contributed by atoms with Crippen LogP contribution in [0, 0.1) is 0 Å². The molecule has 2 amide bonds. The summed E-state index contributed by atoms with van der Waals surface area (Å²) in [6.07, 6.45) is 3.81. The number of amides is 2. The van der Waals surface area contributed by atoms with E-state index in [2.05, 4.69) is 17.2 Å². The van der Waals surface area contributed by atoms with Gasteiger partial charge >= 0.3 is 0 Å². The third-order valence-corrected chi connectivity index (χ3v) is 5.16. The van der Waals surface area contributed by atoms with E-state index in [4.69, 9.17) is 0 Å². The van der Waals surface area contributed by atoms with Crippen molar-refractivity contribution < 1.29 is 9.59 Å². The molecule has 2 atom stereocenters. The van der Waals surface area contributed by atoms with Gasteiger partial charge in [-0.1, -0.05) is 36.9 Å². The lowest BCUT2D eigenvalue weighted by molar-refractivity contribution is -0.117. The van der Waals surface area contributed by atoms with E-state index in [1.54, 1.807) is 0 Å². The Balaban J connectivity index is 1.57. The molecule has 0 aliphatic heterocycles. The second-order valence-electron chi connectivity index (χ2n) is 5.96. The summed E-state index contributed by atoms with van der Waals surface area (Å²) in [5.74, 6) is -0.194. The van der Waals surface area contributed by atoms with E-state index < -0.39 is 0 Å². The van der Waals surface area contributed by atoms with E-state index in [1.807, 2.05) is 41.8 Å². The van der Waals surface area contributed by atoms with Crippen molar-refractivity contribution in [2.24, 2.45) is 0 Å². The number of hydrogen-bond acceptors (Lipinski definition) is 3. The van der Waals surface area contributed by atoms with Gasteiger partial charge < -0.3 is 10.6 Å². The molecule has 124 valence electrons. The van der Waals surface area contributed by atoms with Crippen LogP contribution in [-0.2, 0) is 4.79 Å². The van der Waals surface area contributed by atoms with Crippen molar-refractivity contribution in [3.8, 4) is 11.1 Å². The first-order chi connectivity index (χ1) is 11.7. The van der Waals surface area contributed by atoms with Gasteiger partial charge in [0.2, 0.25) is 5.91 Å². The van der Waals surface area contributed by atoms with Crippen LogP contribution in [0.4, 0.5) is 0 Å². The van der Waals surface area contributed by atoms with Crippen LogP contribution < -0.4 is 10.6 Å². The normalized spacial score (nSPS) is 19.7. The second-order valence-corrected chi connectivity index (χ2v) is 6.87. The predicted molar refractivity (Wildman–Crippen MR) is 97.0 cm³/mol. The van der Waals surface area contributed by atoms with Gasteiger partial charge in [0.1, 0.15) is 0 Å². The Morgan fingerprint density at radius 2 is 1.79 bits per heavy atom. The smallest absolute Gasteiger partial charge is 0.261 e. The van der Waals surface area contributed by atoms with Crippen LogP contribution in [-0.4, -0.2) is 23.9 Å². The molecular weight excluding hydrogens is 320 g/mol. The van der Waals surface area contributed by atoms with Crippen molar-refractivity contribution in [1.82, 2.24) is 10.6 Å². The summed E-state index contributed by atoms with van der Waals surface area (Å²) in [6, 6.07) is 12.2. The summed E-state index contributed by atoms with van der Waals surface area (Å²) >= 11 is 1.46. The Bertz CT molecular complexity index is 739. The highest BCUT2D eigenvalue weighted by molar-refractivity contribution is 7.12. The maximum Gasteiger partial charge on any atom is 0.261 e. The summed E-state index contributed by atoms with van der Waals surface area (Å²) in [5.41, 5.74) is 2.18. The molecular formula is C19H20N2O2S. The summed E-state index contributed by atoms with van der Waals surface area (Å²) in [4.78, 5) is 24.5. The zero-order valence-corrected chi connectivity index (χ0v) is 14.1. The van der Waals surface area contributed by atoms with Gasteiger partial charge in [-0.25, -0.2) is 0 Å². The van der Waals surface area contributed by atoms with Crippen LogP contribution in [0.1, 0.15) is 28.9 Å². The second kappa shape index (κ2) is 7.45. The maximum absolute atomic E-state index is 12.4. The Labute approximate surface area is 145 Å². The van der Waals surface area contributed by atoms with Gasteiger partial charge in [-0.2, -0.15) is 0 Å². The van der Waals surface area contributed by atoms with Crippen molar-refractivity contribution in [3.05, 3.63) is 59.3 Å². The number of carbonyl (C=O) groups excluding carboxylic acids is 2. The highest BCUT2D eigenvalue weighted by Crippen LogP contribution is 2.26. The van der Waals surface area contributed by atoms with Gasteiger partial charge in [0.15, 0.2) is 0 Å². The van der Waals surface area contributed by atoms with Crippen molar-refractivity contribution in [1.29, 1.82) is 0 Å². The fraction of sp³-hybridized carbons (Fsp3) is 0.263. The number of benzene rings is 1. The van der Waals surface area contributed by atoms with Gasteiger partial charge in [0.05, 0.1) is 4.88 Å². The fourth-order valence-corrected chi connectivity index (χ4v) is 3.82. The van der Waals surface area contributed by atoms with Crippen molar-refractivity contribution in [3.63, 3.8) is 0 Å². The van der Waals surface area contributed by atoms with E-state index in [1.165, 1.54) is 17.4 Å². The third-order valence-electron chi connectivity index (χ3n) is 4.23. The molecule has 1 aliphatic carbocycles. The molecule has 0 spiro atoms. The molecule has 0 unspecified atom stereocenters. The highest BCUT2D eigenvalue weighted by Gasteiger charge is 2.27. The van der Waals surface area contributed by atoms with Gasteiger partial charge in [0, 0.05) is 12.1 Å². The summed E-state index contributed by atoms with van der Waals surface area (Å²) in [5, 5.41) is 7.97. The number of rotatable bonds is 5. The van der Waals surface area contributed by atoms with Crippen LogP contribution in [0.2, 0.25) is 0 Å². The highest BCUT2D eigenvalue weighted by atomic mass is 32.1. The number of thiophene rings is 1. The molecule has 1 fully saturated rings. The van der Waals surface area contributed by atoms with Crippen molar-refractivity contribution in [2.75, 3.05) is 0 Å². The molecule has 1 aromatic carbocycles. The Hall–Kier alpha value is -2.40. The van der Waals surface area contributed by atoms with E-state index in [0.717, 1.165) is 30.4 Å². The van der Waals surface area contributed by atoms with Gasteiger partial charge in [-0.05, 0) is 47.9 Å². The first-order valence-corrected chi connectivity index (χ1v) is 8.91. The minimum Gasteiger partial charge on any atom is -0.350 e. The molecule has 3 rings (SSSR count). The summed E-state index contributed by atoms with van der Waals surface area (Å²) in [7, 11) is 0. The van der Waals surface area contributed by atoms with E-state index in [9.17, 15) is 9.59 Å². The molecule has 1 saturated carbocycles. The van der Waals surface area contributed by atoms with Crippen LogP contribution in [0.5, 0.6) is 0 Å². The number of nitrogens with one attached hydrogen (secondary N) is 2. The topological polar surface area (TPSA) is 58.2 Å². The number of carbonyl (C=O) groups is 2. The van der Waals surface area contributed by atoms with Crippen LogP contribution in [0.25, 0.3) is 11.1 Å². The largest absolute Gasteiger partial charge is 0.350 e. The lowest BCUT2D eigenvalue weighted by Crippen LogP contribution is -2.36. The van der Waals surface area contributed by atoms with Gasteiger partial charge in [0.25, 0.3) is 5.91 Å².